The molecule has 2 atom stereocenters. The number of carboxylic acid groups (broad SMARTS) is 1. The van der Waals surface area contributed by atoms with Crippen LogP contribution < -0.4 is 15.0 Å². The molecule has 0 bridgehead atoms. The van der Waals surface area contributed by atoms with E-state index in [1.165, 1.54) is 12.0 Å². The third-order valence-electron chi connectivity index (χ3n) is 4.11. The maximum Gasteiger partial charge on any atom is 0.326 e. The van der Waals surface area contributed by atoms with Crippen molar-refractivity contribution in [3.63, 3.8) is 0 Å². The van der Waals surface area contributed by atoms with Gasteiger partial charge in [-0.05, 0) is 24.3 Å². The lowest BCUT2D eigenvalue weighted by atomic mass is 10.1. The number of anilines is 1. The zero-order valence-electron chi connectivity index (χ0n) is 14.2. The quantitative estimate of drug-likeness (QED) is 0.713. The van der Waals surface area contributed by atoms with Crippen LogP contribution in [0.4, 0.5) is 5.69 Å². The number of carbonyl (C=O) groups is 3. The second-order valence-corrected chi connectivity index (χ2v) is 5.78. The molecule has 0 saturated carbocycles. The maximum atomic E-state index is 12.3. The van der Waals surface area contributed by atoms with Crippen LogP contribution in [-0.2, 0) is 19.1 Å². The van der Waals surface area contributed by atoms with Gasteiger partial charge in [0.05, 0.1) is 13.0 Å². The summed E-state index contributed by atoms with van der Waals surface area (Å²) in [5.74, 6) is -1.64. The van der Waals surface area contributed by atoms with Crippen LogP contribution in [0.1, 0.15) is 12.8 Å². The molecule has 1 aromatic rings. The number of hydrogen-bond acceptors (Lipinski definition) is 5. The predicted octanol–water partition coefficient (Wildman–Crippen LogP) is 0.654. The molecule has 8 nitrogen and oxygen atoms in total. The summed E-state index contributed by atoms with van der Waals surface area (Å²) in [6.45, 7) is 0.437. The van der Waals surface area contributed by atoms with Gasteiger partial charge in [-0.25, -0.2) is 4.79 Å². The number of methoxy groups -OCH3 is 2. The summed E-state index contributed by atoms with van der Waals surface area (Å²) in [5, 5.41) is 11.7. The first-order valence-electron chi connectivity index (χ1n) is 7.92. The zero-order chi connectivity index (χ0) is 18.4. The van der Waals surface area contributed by atoms with E-state index >= 15 is 0 Å². The van der Waals surface area contributed by atoms with E-state index in [1.807, 2.05) is 0 Å². The van der Waals surface area contributed by atoms with Crippen LogP contribution >= 0.6 is 0 Å². The summed E-state index contributed by atoms with van der Waals surface area (Å²) in [4.78, 5) is 37.3. The molecule has 8 heteroatoms. The number of aliphatic carboxylic acids is 1. The zero-order valence-corrected chi connectivity index (χ0v) is 14.2. The number of nitrogens with zero attached hydrogens (tertiary/aromatic N) is 1. The van der Waals surface area contributed by atoms with Crippen LogP contribution in [0.5, 0.6) is 5.75 Å². The molecule has 1 aliphatic heterocycles. The Bertz CT molecular complexity index is 631. The molecule has 2 amide bonds. The topological polar surface area (TPSA) is 105 Å². The van der Waals surface area contributed by atoms with Gasteiger partial charge in [0.15, 0.2) is 0 Å². The molecule has 2 unspecified atom stereocenters. The SMILES string of the molecule is COCCC(NC(=O)C1CC(=O)N(c2ccc(OC)cc2)C1)C(=O)O. The molecule has 0 radical (unpaired) electrons. The van der Waals surface area contributed by atoms with E-state index in [0.717, 1.165) is 0 Å². The molecule has 0 aromatic heterocycles. The first-order chi connectivity index (χ1) is 12.0. The van der Waals surface area contributed by atoms with Crippen LogP contribution in [0.15, 0.2) is 24.3 Å². The van der Waals surface area contributed by atoms with Crippen LogP contribution in [0, 0.1) is 5.92 Å². The molecule has 1 aromatic carbocycles. The Kier molecular flexibility index (Phi) is 6.35. The molecule has 25 heavy (non-hydrogen) atoms. The highest BCUT2D eigenvalue weighted by atomic mass is 16.5. The monoisotopic (exact) mass is 350 g/mol. The number of rotatable bonds is 8. The van der Waals surface area contributed by atoms with Gasteiger partial charge in [-0.2, -0.15) is 0 Å². The van der Waals surface area contributed by atoms with Gasteiger partial charge in [-0.15, -0.1) is 0 Å². The van der Waals surface area contributed by atoms with Crippen LogP contribution in [0.3, 0.4) is 0 Å². The number of amides is 2. The average Bonchev–Trinajstić information content (AvgIpc) is 3.00. The Morgan fingerprint density at radius 1 is 1.32 bits per heavy atom. The summed E-state index contributed by atoms with van der Waals surface area (Å²) in [5.41, 5.74) is 0.676. The molecule has 1 saturated heterocycles. The molecule has 0 aliphatic carbocycles. The number of hydrogen-bond donors (Lipinski definition) is 2. The smallest absolute Gasteiger partial charge is 0.326 e. The highest BCUT2D eigenvalue weighted by Gasteiger charge is 2.36. The fourth-order valence-corrected chi connectivity index (χ4v) is 2.68. The van der Waals surface area contributed by atoms with E-state index in [9.17, 15) is 14.4 Å². The minimum Gasteiger partial charge on any atom is -0.497 e. The Hall–Kier alpha value is -2.61. The van der Waals surface area contributed by atoms with Crippen molar-refractivity contribution in [2.45, 2.75) is 18.9 Å². The second kappa shape index (κ2) is 8.48. The van der Waals surface area contributed by atoms with E-state index in [1.54, 1.807) is 31.4 Å². The predicted molar refractivity (Wildman–Crippen MR) is 89.5 cm³/mol. The molecule has 0 spiro atoms. The fraction of sp³-hybridized carbons (Fsp3) is 0.471. The molecule has 2 N–H and O–H groups in total. The largest absolute Gasteiger partial charge is 0.497 e. The number of carboxylic acids is 1. The molecule has 1 aliphatic rings. The van der Waals surface area contributed by atoms with Crippen molar-refractivity contribution in [2.24, 2.45) is 5.92 Å². The summed E-state index contributed by atoms with van der Waals surface area (Å²) in [6, 6.07) is 5.94. The summed E-state index contributed by atoms with van der Waals surface area (Å²) in [7, 11) is 3.02. The van der Waals surface area contributed by atoms with Crippen molar-refractivity contribution < 1.29 is 29.0 Å². The van der Waals surface area contributed by atoms with Gasteiger partial charge in [-0.3, -0.25) is 9.59 Å². The molecular formula is C17H22N2O6. The Morgan fingerprint density at radius 3 is 2.56 bits per heavy atom. The van der Waals surface area contributed by atoms with Crippen molar-refractivity contribution in [1.82, 2.24) is 5.32 Å². The van der Waals surface area contributed by atoms with E-state index in [2.05, 4.69) is 5.32 Å². The van der Waals surface area contributed by atoms with Crippen molar-refractivity contribution in [3.8, 4) is 5.75 Å². The van der Waals surface area contributed by atoms with Crippen LogP contribution in [-0.4, -0.2) is 56.3 Å². The summed E-state index contributed by atoms with van der Waals surface area (Å²) < 4.78 is 9.94. The maximum absolute atomic E-state index is 12.3. The molecule has 1 heterocycles. The highest BCUT2D eigenvalue weighted by molar-refractivity contribution is 6.00. The van der Waals surface area contributed by atoms with E-state index in [0.29, 0.717) is 11.4 Å². The first kappa shape index (κ1) is 18.7. The van der Waals surface area contributed by atoms with Crippen LogP contribution in [0.2, 0.25) is 0 Å². The van der Waals surface area contributed by atoms with Gasteiger partial charge < -0.3 is 24.8 Å². The molecule has 1 fully saturated rings. The minimum atomic E-state index is -1.12. The third-order valence-corrected chi connectivity index (χ3v) is 4.11. The lowest BCUT2D eigenvalue weighted by Gasteiger charge is -2.18. The van der Waals surface area contributed by atoms with Gasteiger partial charge in [0.2, 0.25) is 11.8 Å². The van der Waals surface area contributed by atoms with Crippen molar-refractivity contribution in [1.29, 1.82) is 0 Å². The van der Waals surface area contributed by atoms with E-state index < -0.39 is 23.8 Å². The van der Waals surface area contributed by atoms with Crippen LogP contribution in [0.25, 0.3) is 0 Å². The number of carbonyl (C=O) groups excluding carboxylic acids is 2. The Balaban J connectivity index is 2.00. The van der Waals surface area contributed by atoms with Gasteiger partial charge >= 0.3 is 5.97 Å². The highest BCUT2D eigenvalue weighted by Crippen LogP contribution is 2.27. The summed E-state index contributed by atoms with van der Waals surface area (Å²) >= 11 is 0. The van der Waals surface area contributed by atoms with E-state index in [4.69, 9.17) is 14.6 Å². The summed E-state index contributed by atoms with van der Waals surface area (Å²) in [6.07, 6.45) is 0.217. The Morgan fingerprint density at radius 2 is 2.00 bits per heavy atom. The third kappa shape index (κ3) is 4.69. The lowest BCUT2D eigenvalue weighted by Crippen LogP contribution is -2.44. The number of nitrogens with one attached hydrogen (secondary N) is 1. The van der Waals surface area contributed by atoms with Gasteiger partial charge in [0.25, 0.3) is 0 Å². The molecule has 2 rings (SSSR count). The number of ether oxygens (including phenoxy) is 2. The fourth-order valence-electron chi connectivity index (χ4n) is 2.68. The van der Waals surface area contributed by atoms with Crippen molar-refractivity contribution in [2.75, 3.05) is 32.3 Å². The van der Waals surface area contributed by atoms with Crippen molar-refractivity contribution in [3.05, 3.63) is 24.3 Å². The lowest BCUT2D eigenvalue weighted by molar-refractivity contribution is -0.142. The molecular weight excluding hydrogens is 328 g/mol. The van der Waals surface area contributed by atoms with Crippen molar-refractivity contribution >= 4 is 23.5 Å². The van der Waals surface area contributed by atoms with Gasteiger partial charge in [-0.1, -0.05) is 0 Å². The van der Waals surface area contributed by atoms with Gasteiger partial charge in [0.1, 0.15) is 11.8 Å². The second-order valence-electron chi connectivity index (χ2n) is 5.78. The average molecular weight is 350 g/mol. The van der Waals surface area contributed by atoms with E-state index in [-0.39, 0.29) is 31.9 Å². The minimum absolute atomic E-state index is 0.0501. The first-order valence-corrected chi connectivity index (χ1v) is 7.92. The number of benzene rings is 1. The Labute approximate surface area is 145 Å². The van der Waals surface area contributed by atoms with Gasteiger partial charge in [0, 0.05) is 38.8 Å². The normalized spacial score (nSPS) is 18.1. The molecule has 136 valence electrons. The standard InChI is InChI=1S/C17H22N2O6/c1-24-8-7-14(17(22)23)18-16(21)11-9-15(20)19(10-11)12-3-5-13(25-2)6-4-12/h3-6,11,14H,7-10H2,1-2H3,(H,18,21)(H,22,23).